The molecule has 1 rings (SSSR count). The Kier molecular flexibility index (Phi) is 1.97. The van der Waals surface area contributed by atoms with Crippen molar-refractivity contribution >= 4 is 0 Å². The maximum absolute atomic E-state index is 5.58. The van der Waals surface area contributed by atoms with Gasteiger partial charge in [-0.1, -0.05) is 0 Å². The van der Waals surface area contributed by atoms with Gasteiger partial charge in [-0.25, -0.2) is 0 Å². The van der Waals surface area contributed by atoms with Crippen LogP contribution in [0.1, 0.15) is 24.2 Å². The zero-order valence-electron chi connectivity index (χ0n) is 6.20. The smallest absolute Gasteiger partial charge is 0.0798 e. The van der Waals surface area contributed by atoms with Crippen LogP contribution in [0.4, 0.5) is 0 Å². The average Bonchev–Trinajstić information content (AvgIpc) is 1.88. The highest BCUT2D eigenvalue weighted by Gasteiger charge is 1.99. The molecule has 0 aliphatic carbocycles. The topological polar surface area (TPSA) is 51.8 Å². The van der Waals surface area contributed by atoms with Gasteiger partial charge < -0.3 is 5.73 Å². The van der Waals surface area contributed by atoms with Crippen molar-refractivity contribution in [3.8, 4) is 0 Å². The van der Waals surface area contributed by atoms with Crippen molar-refractivity contribution in [2.24, 2.45) is 5.73 Å². The molecule has 0 aliphatic heterocycles. The fourth-order valence-electron chi connectivity index (χ4n) is 0.709. The summed E-state index contributed by atoms with van der Waals surface area (Å²) in [7, 11) is 0. The lowest BCUT2D eigenvalue weighted by Crippen LogP contribution is -2.08. The first-order valence-corrected chi connectivity index (χ1v) is 3.25. The highest BCUT2D eigenvalue weighted by molar-refractivity contribution is 5.12. The van der Waals surface area contributed by atoms with Gasteiger partial charge in [0.2, 0.25) is 0 Å². The fraction of sp³-hybridized carbons (Fsp3) is 0.429. The maximum atomic E-state index is 5.58. The maximum Gasteiger partial charge on any atom is 0.0798 e. The zero-order chi connectivity index (χ0) is 7.56. The molecule has 1 aromatic heterocycles. The fourth-order valence-corrected chi connectivity index (χ4v) is 0.709. The Balaban J connectivity index is 2.96. The van der Waals surface area contributed by atoms with Gasteiger partial charge in [0.15, 0.2) is 0 Å². The van der Waals surface area contributed by atoms with Gasteiger partial charge in [0.25, 0.3) is 0 Å². The van der Waals surface area contributed by atoms with E-state index in [-0.39, 0.29) is 6.04 Å². The SMILES string of the molecule is Cc1cnnc([C@@H](C)N)c1. The molecule has 0 aliphatic rings. The van der Waals surface area contributed by atoms with E-state index in [1.807, 2.05) is 19.9 Å². The van der Waals surface area contributed by atoms with E-state index in [0.717, 1.165) is 11.3 Å². The molecule has 0 saturated carbocycles. The van der Waals surface area contributed by atoms with Crippen LogP contribution in [0.3, 0.4) is 0 Å². The van der Waals surface area contributed by atoms with Gasteiger partial charge >= 0.3 is 0 Å². The van der Waals surface area contributed by atoms with E-state index in [2.05, 4.69) is 10.2 Å². The van der Waals surface area contributed by atoms with Crippen LogP contribution in [-0.2, 0) is 0 Å². The summed E-state index contributed by atoms with van der Waals surface area (Å²) in [5.74, 6) is 0. The first kappa shape index (κ1) is 7.15. The highest BCUT2D eigenvalue weighted by Crippen LogP contribution is 2.04. The molecule has 0 radical (unpaired) electrons. The van der Waals surface area contributed by atoms with E-state index in [0.29, 0.717) is 0 Å². The van der Waals surface area contributed by atoms with Gasteiger partial charge in [0.05, 0.1) is 11.9 Å². The highest BCUT2D eigenvalue weighted by atomic mass is 15.1. The van der Waals surface area contributed by atoms with Gasteiger partial charge in [0, 0.05) is 6.04 Å². The van der Waals surface area contributed by atoms with Crippen LogP contribution in [0.15, 0.2) is 12.3 Å². The predicted octanol–water partition coefficient (Wildman–Crippen LogP) is 0.805. The van der Waals surface area contributed by atoms with E-state index < -0.39 is 0 Å². The van der Waals surface area contributed by atoms with Crippen molar-refractivity contribution in [3.63, 3.8) is 0 Å². The number of aryl methyl sites for hydroxylation is 1. The molecule has 0 aromatic carbocycles. The summed E-state index contributed by atoms with van der Waals surface area (Å²) in [6.07, 6.45) is 1.71. The Morgan fingerprint density at radius 3 is 2.70 bits per heavy atom. The van der Waals surface area contributed by atoms with E-state index in [4.69, 9.17) is 5.73 Å². The summed E-state index contributed by atoms with van der Waals surface area (Å²) in [5, 5.41) is 7.64. The lowest BCUT2D eigenvalue weighted by atomic mass is 10.2. The van der Waals surface area contributed by atoms with Gasteiger partial charge in [-0.05, 0) is 25.5 Å². The molecule has 3 nitrogen and oxygen atoms in total. The summed E-state index contributed by atoms with van der Waals surface area (Å²) in [4.78, 5) is 0. The number of rotatable bonds is 1. The molecule has 54 valence electrons. The normalized spacial score (nSPS) is 13.1. The van der Waals surface area contributed by atoms with Gasteiger partial charge in [-0.3, -0.25) is 0 Å². The summed E-state index contributed by atoms with van der Waals surface area (Å²) < 4.78 is 0. The second kappa shape index (κ2) is 2.75. The minimum absolute atomic E-state index is 0.0209. The van der Waals surface area contributed by atoms with Crippen molar-refractivity contribution in [2.45, 2.75) is 19.9 Å². The molecule has 2 N–H and O–H groups in total. The molecular formula is C7H11N3. The molecule has 10 heavy (non-hydrogen) atoms. The number of hydrogen-bond donors (Lipinski definition) is 1. The van der Waals surface area contributed by atoms with E-state index in [1.165, 1.54) is 0 Å². The summed E-state index contributed by atoms with van der Waals surface area (Å²) in [6.45, 7) is 3.87. The monoisotopic (exact) mass is 137 g/mol. The Morgan fingerprint density at radius 1 is 1.60 bits per heavy atom. The third-order valence-electron chi connectivity index (χ3n) is 1.28. The summed E-state index contributed by atoms with van der Waals surface area (Å²) in [5.41, 5.74) is 7.53. The third kappa shape index (κ3) is 1.51. The standard InChI is InChI=1S/C7H11N3/c1-5-3-7(6(2)8)10-9-4-5/h3-4,6H,8H2,1-2H3/t6-/m1/s1. The predicted molar refractivity (Wildman–Crippen MR) is 39.4 cm³/mol. The van der Waals surface area contributed by atoms with Crippen LogP contribution in [0.25, 0.3) is 0 Å². The minimum Gasteiger partial charge on any atom is -0.323 e. The molecule has 0 fully saturated rings. The van der Waals surface area contributed by atoms with Crippen molar-refractivity contribution in [1.29, 1.82) is 0 Å². The van der Waals surface area contributed by atoms with Gasteiger partial charge in [-0.2, -0.15) is 10.2 Å². The minimum atomic E-state index is -0.0209. The summed E-state index contributed by atoms with van der Waals surface area (Å²) >= 11 is 0. The van der Waals surface area contributed by atoms with Crippen molar-refractivity contribution in [2.75, 3.05) is 0 Å². The molecule has 0 spiro atoms. The van der Waals surface area contributed by atoms with Crippen LogP contribution in [0.2, 0.25) is 0 Å². The molecule has 1 aromatic rings. The number of hydrogen-bond acceptors (Lipinski definition) is 3. The second-order valence-corrected chi connectivity index (χ2v) is 2.45. The van der Waals surface area contributed by atoms with Crippen molar-refractivity contribution in [1.82, 2.24) is 10.2 Å². The van der Waals surface area contributed by atoms with Gasteiger partial charge in [-0.15, -0.1) is 0 Å². The molecule has 0 amide bonds. The molecule has 3 heteroatoms. The largest absolute Gasteiger partial charge is 0.323 e. The lowest BCUT2D eigenvalue weighted by Gasteiger charge is -2.02. The Hall–Kier alpha value is -0.960. The quantitative estimate of drug-likeness (QED) is 0.623. The van der Waals surface area contributed by atoms with E-state index in [9.17, 15) is 0 Å². The summed E-state index contributed by atoms with van der Waals surface area (Å²) in [6, 6.07) is 1.92. The van der Waals surface area contributed by atoms with Crippen molar-refractivity contribution < 1.29 is 0 Å². The van der Waals surface area contributed by atoms with E-state index >= 15 is 0 Å². The molecule has 1 atom stereocenters. The van der Waals surface area contributed by atoms with Crippen LogP contribution in [0, 0.1) is 6.92 Å². The van der Waals surface area contributed by atoms with Crippen LogP contribution in [-0.4, -0.2) is 10.2 Å². The molecule has 0 saturated heterocycles. The first-order valence-electron chi connectivity index (χ1n) is 3.25. The lowest BCUT2D eigenvalue weighted by molar-refractivity contribution is 0.749. The zero-order valence-corrected chi connectivity index (χ0v) is 6.20. The Labute approximate surface area is 60.3 Å². The number of aromatic nitrogens is 2. The molecule has 1 heterocycles. The van der Waals surface area contributed by atoms with Crippen LogP contribution in [0.5, 0.6) is 0 Å². The molecule has 0 unspecified atom stereocenters. The molecule has 0 bridgehead atoms. The van der Waals surface area contributed by atoms with Crippen LogP contribution >= 0.6 is 0 Å². The second-order valence-electron chi connectivity index (χ2n) is 2.45. The van der Waals surface area contributed by atoms with E-state index in [1.54, 1.807) is 6.20 Å². The first-order chi connectivity index (χ1) is 4.70. The Bertz CT molecular complexity index is 220. The molecular weight excluding hydrogens is 126 g/mol. The van der Waals surface area contributed by atoms with Gasteiger partial charge in [0.1, 0.15) is 0 Å². The average molecular weight is 137 g/mol. The number of nitrogens with zero attached hydrogens (tertiary/aromatic N) is 2. The van der Waals surface area contributed by atoms with Crippen molar-refractivity contribution in [3.05, 3.63) is 23.5 Å². The number of nitrogens with two attached hydrogens (primary N) is 1. The van der Waals surface area contributed by atoms with Crippen LogP contribution < -0.4 is 5.73 Å². The third-order valence-corrected chi connectivity index (χ3v) is 1.28. The Morgan fingerprint density at radius 2 is 2.30 bits per heavy atom.